The summed E-state index contributed by atoms with van der Waals surface area (Å²) in [6.45, 7) is 0. The molecule has 0 unspecified atom stereocenters. The van der Waals surface area contributed by atoms with Crippen molar-refractivity contribution in [2.24, 2.45) is 7.05 Å². The quantitative estimate of drug-likeness (QED) is 0.877. The van der Waals surface area contributed by atoms with Gasteiger partial charge in [0.15, 0.2) is 0 Å². The van der Waals surface area contributed by atoms with Crippen molar-refractivity contribution in [2.75, 3.05) is 11.1 Å². The van der Waals surface area contributed by atoms with Gasteiger partial charge < -0.3 is 11.1 Å². The minimum Gasteiger partial charge on any atom is -0.396 e. The lowest BCUT2D eigenvalue weighted by Crippen LogP contribution is -2.17. The lowest BCUT2D eigenvalue weighted by atomic mass is 10.3. The summed E-state index contributed by atoms with van der Waals surface area (Å²) in [6.07, 6.45) is 4.62. The van der Waals surface area contributed by atoms with Gasteiger partial charge in [-0.25, -0.2) is 0 Å². The summed E-state index contributed by atoms with van der Waals surface area (Å²) in [5, 5.41) is 6.60. The van der Waals surface area contributed by atoms with Crippen molar-refractivity contribution in [3.05, 3.63) is 34.8 Å². The number of nitrogens with zero attached hydrogens (tertiary/aromatic N) is 3. The van der Waals surface area contributed by atoms with Gasteiger partial charge in [0, 0.05) is 17.7 Å². The summed E-state index contributed by atoms with van der Waals surface area (Å²) in [4.78, 5) is 15.9. The summed E-state index contributed by atoms with van der Waals surface area (Å²) in [7, 11) is 1.66. The molecular weight excluding hydrogens is 286 g/mol. The van der Waals surface area contributed by atoms with Crippen molar-refractivity contribution >= 4 is 33.2 Å². The maximum absolute atomic E-state index is 11.9. The van der Waals surface area contributed by atoms with Gasteiger partial charge in [-0.05, 0) is 22.0 Å². The molecule has 0 aliphatic carbocycles. The third-order valence-electron chi connectivity index (χ3n) is 2.14. The Hall–Kier alpha value is -1.89. The van der Waals surface area contributed by atoms with Gasteiger partial charge in [0.05, 0.1) is 23.8 Å². The fourth-order valence-electron chi connectivity index (χ4n) is 1.40. The molecule has 0 aliphatic rings. The second-order valence-electron chi connectivity index (χ2n) is 3.42. The molecule has 3 N–H and O–H groups in total. The highest BCUT2D eigenvalue weighted by molar-refractivity contribution is 9.10. The highest BCUT2D eigenvalue weighted by Crippen LogP contribution is 2.16. The second kappa shape index (κ2) is 4.54. The average Bonchev–Trinajstić information content (AvgIpc) is 2.58. The van der Waals surface area contributed by atoms with Crippen LogP contribution in [-0.2, 0) is 7.05 Å². The van der Waals surface area contributed by atoms with E-state index >= 15 is 0 Å². The molecule has 0 saturated carbocycles. The highest BCUT2D eigenvalue weighted by atomic mass is 79.9. The standard InChI is InChI=1S/C10H10BrN5O/c1-16-9(8(12)5-14-16)10(17)15-7-2-6(11)3-13-4-7/h2-5H,12H2,1H3,(H,15,17). The van der Waals surface area contributed by atoms with E-state index in [0.29, 0.717) is 17.1 Å². The number of amides is 1. The molecule has 0 spiro atoms. The fraction of sp³-hybridized carbons (Fsp3) is 0.100. The molecule has 2 rings (SSSR count). The Bertz CT molecular complexity index is 546. The number of nitrogen functional groups attached to an aromatic ring is 1. The van der Waals surface area contributed by atoms with E-state index in [1.807, 2.05) is 0 Å². The number of carbonyl (C=O) groups excluding carboxylic acids is 1. The van der Waals surface area contributed by atoms with Gasteiger partial charge in [-0.1, -0.05) is 0 Å². The summed E-state index contributed by atoms with van der Waals surface area (Å²) in [5.41, 5.74) is 6.91. The first-order valence-electron chi connectivity index (χ1n) is 4.77. The van der Waals surface area contributed by atoms with Crippen LogP contribution in [0.25, 0.3) is 0 Å². The van der Waals surface area contributed by atoms with Crippen LogP contribution in [0, 0.1) is 0 Å². The Labute approximate surface area is 106 Å². The Morgan fingerprint density at radius 1 is 1.47 bits per heavy atom. The molecule has 2 aromatic heterocycles. The number of anilines is 2. The van der Waals surface area contributed by atoms with E-state index in [0.717, 1.165) is 4.47 Å². The van der Waals surface area contributed by atoms with Gasteiger partial charge in [-0.3, -0.25) is 14.5 Å². The van der Waals surface area contributed by atoms with Crippen molar-refractivity contribution in [3.8, 4) is 0 Å². The minimum atomic E-state index is -0.317. The van der Waals surface area contributed by atoms with Crippen LogP contribution in [0.1, 0.15) is 10.5 Å². The van der Waals surface area contributed by atoms with Crippen LogP contribution in [0.4, 0.5) is 11.4 Å². The average molecular weight is 296 g/mol. The maximum Gasteiger partial charge on any atom is 0.276 e. The number of carbonyl (C=O) groups is 1. The number of aromatic nitrogens is 3. The molecule has 0 aliphatic heterocycles. The van der Waals surface area contributed by atoms with E-state index in [1.54, 1.807) is 25.5 Å². The van der Waals surface area contributed by atoms with Gasteiger partial charge in [0.2, 0.25) is 0 Å². The van der Waals surface area contributed by atoms with Crippen molar-refractivity contribution in [3.63, 3.8) is 0 Å². The minimum absolute atomic E-state index is 0.317. The van der Waals surface area contributed by atoms with Crippen LogP contribution in [0.15, 0.2) is 29.1 Å². The lowest BCUT2D eigenvalue weighted by Gasteiger charge is -2.06. The van der Waals surface area contributed by atoms with Crippen molar-refractivity contribution < 1.29 is 4.79 Å². The largest absolute Gasteiger partial charge is 0.396 e. The molecule has 7 heteroatoms. The molecule has 0 bridgehead atoms. The number of nitrogens with one attached hydrogen (secondary N) is 1. The first-order chi connectivity index (χ1) is 8.08. The van der Waals surface area contributed by atoms with Crippen LogP contribution in [0.3, 0.4) is 0 Å². The highest BCUT2D eigenvalue weighted by Gasteiger charge is 2.15. The summed E-state index contributed by atoms with van der Waals surface area (Å²) in [6, 6.07) is 1.75. The molecule has 2 aromatic rings. The molecule has 6 nitrogen and oxygen atoms in total. The number of nitrogens with two attached hydrogens (primary N) is 1. The number of hydrogen-bond acceptors (Lipinski definition) is 4. The third kappa shape index (κ3) is 2.44. The Morgan fingerprint density at radius 3 is 2.82 bits per heavy atom. The molecule has 0 fully saturated rings. The second-order valence-corrected chi connectivity index (χ2v) is 4.33. The van der Waals surface area contributed by atoms with Crippen molar-refractivity contribution in [1.29, 1.82) is 0 Å². The molecule has 0 saturated heterocycles. The molecule has 0 atom stereocenters. The van der Waals surface area contributed by atoms with Crippen LogP contribution in [-0.4, -0.2) is 20.7 Å². The number of rotatable bonds is 2. The Kier molecular flexibility index (Phi) is 3.10. The molecule has 88 valence electrons. The molecular formula is C10H10BrN5O. The number of aryl methyl sites for hydroxylation is 1. The third-order valence-corrected chi connectivity index (χ3v) is 2.58. The van der Waals surface area contributed by atoms with E-state index in [2.05, 4.69) is 31.3 Å². The number of halogens is 1. The van der Waals surface area contributed by atoms with Crippen LogP contribution in [0.5, 0.6) is 0 Å². The maximum atomic E-state index is 11.9. The smallest absolute Gasteiger partial charge is 0.276 e. The Morgan fingerprint density at radius 2 is 2.24 bits per heavy atom. The predicted octanol–water partition coefficient (Wildman–Crippen LogP) is 1.41. The predicted molar refractivity (Wildman–Crippen MR) is 67.5 cm³/mol. The summed E-state index contributed by atoms with van der Waals surface area (Å²) >= 11 is 3.27. The SMILES string of the molecule is Cn1ncc(N)c1C(=O)Nc1cncc(Br)c1. The van der Waals surface area contributed by atoms with Crippen molar-refractivity contribution in [2.45, 2.75) is 0 Å². The van der Waals surface area contributed by atoms with Crippen LogP contribution < -0.4 is 11.1 Å². The Balaban J connectivity index is 2.23. The normalized spacial score (nSPS) is 10.2. The van der Waals surface area contributed by atoms with E-state index in [4.69, 9.17) is 5.73 Å². The van der Waals surface area contributed by atoms with E-state index in [-0.39, 0.29) is 5.91 Å². The zero-order valence-electron chi connectivity index (χ0n) is 9.01. The first kappa shape index (κ1) is 11.6. The zero-order chi connectivity index (χ0) is 12.4. The zero-order valence-corrected chi connectivity index (χ0v) is 10.6. The van der Waals surface area contributed by atoms with Gasteiger partial charge in [-0.15, -0.1) is 0 Å². The van der Waals surface area contributed by atoms with Gasteiger partial charge in [-0.2, -0.15) is 5.10 Å². The van der Waals surface area contributed by atoms with E-state index in [1.165, 1.54) is 10.9 Å². The lowest BCUT2D eigenvalue weighted by molar-refractivity contribution is 0.101. The molecule has 0 aromatic carbocycles. The van der Waals surface area contributed by atoms with Crippen LogP contribution in [0.2, 0.25) is 0 Å². The monoisotopic (exact) mass is 295 g/mol. The van der Waals surface area contributed by atoms with Gasteiger partial charge in [0.25, 0.3) is 5.91 Å². The number of pyridine rings is 1. The van der Waals surface area contributed by atoms with Crippen molar-refractivity contribution in [1.82, 2.24) is 14.8 Å². The van der Waals surface area contributed by atoms with Crippen LogP contribution >= 0.6 is 15.9 Å². The number of hydrogen-bond donors (Lipinski definition) is 2. The molecule has 1 amide bonds. The topological polar surface area (TPSA) is 85.8 Å². The van der Waals surface area contributed by atoms with Gasteiger partial charge in [0.1, 0.15) is 5.69 Å². The van der Waals surface area contributed by atoms with E-state index in [9.17, 15) is 4.79 Å². The fourth-order valence-corrected chi connectivity index (χ4v) is 1.77. The molecule has 17 heavy (non-hydrogen) atoms. The summed E-state index contributed by atoms with van der Waals surface area (Å²) in [5.74, 6) is -0.317. The summed E-state index contributed by atoms with van der Waals surface area (Å²) < 4.78 is 2.21. The van der Waals surface area contributed by atoms with E-state index < -0.39 is 0 Å². The first-order valence-corrected chi connectivity index (χ1v) is 5.56. The molecule has 2 heterocycles. The molecule has 0 radical (unpaired) electrons. The van der Waals surface area contributed by atoms with Gasteiger partial charge >= 0.3 is 0 Å².